The Hall–Kier alpha value is -3.55. The molecule has 0 aliphatic rings. The highest BCUT2D eigenvalue weighted by atomic mass is 19.4. The lowest BCUT2D eigenvalue weighted by molar-refractivity contribution is -0.137. The fraction of sp³-hybridized carbons (Fsp3) is 0.0526. The molecule has 0 fully saturated rings. The van der Waals surface area contributed by atoms with E-state index in [1.165, 1.54) is 18.2 Å². The fourth-order valence-electron chi connectivity index (χ4n) is 3.07. The lowest BCUT2D eigenvalue weighted by Crippen LogP contribution is -2.12. The van der Waals surface area contributed by atoms with Gasteiger partial charge < -0.3 is 16.5 Å². The predicted molar refractivity (Wildman–Crippen MR) is 97.0 cm³/mol. The molecule has 136 valence electrons. The molecule has 0 bridgehead atoms. The van der Waals surface area contributed by atoms with E-state index < -0.39 is 17.6 Å². The van der Waals surface area contributed by atoms with E-state index in [4.69, 9.17) is 11.5 Å². The minimum atomic E-state index is -4.48. The summed E-state index contributed by atoms with van der Waals surface area (Å²) in [7, 11) is 0. The number of hydrogen-bond acceptors (Lipinski definition) is 3. The van der Waals surface area contributed by atoms with Gasteiger partial charge in [-0.3, -0.25) is 4.79 Å². The number of nitrogens with two attached hydrogens (primary N) is 2. The number of carbonyl (C=O) groups excluding carboxylic acids is 1. The normalized spacial score (nSPS) is 12.0. The van der Waals surface area contributed by atoms with Gasteiger partial charge in [0, 0.05) is 16.6 Å². The minimum Gasteiger partial charge on any atom is -0.399 e. The summed E-state index contributed by atoms with van der Waals surface area (Å²) in [6.45, 7) is 0. The second kappa shape index (κ2) is 5.73. The number of primary amides is 1. The van der Waals surface area contributed by atoms with Gasteiger partial charge in [0.25, 0.3) is 5.91 Å². The number of nitrogen functional groups attached to an aromatic ring is 1. The molecule has 0 saturated carbocycles. The number of halogens is 3. The number of carbonyl (C=O) groups is 1. The number of hydrogen-bond donors (Lipinski definition) is 3. The number of aromatic amines is 1. The van der Waals surface area contributed by atoms with Crippen LogP contribution in [0.5, 0.6) is 0 Å². The second-order valence-electron chi connectivity index (χ2n) is 6.15. The Labute approximate surface area is 150 Å². The molecular weight excluding hydrogens is 357 g/mol. The first kappa shape index (κ1) is 16.9. The van der Waals surface area contributed by atoms with Crippen molar-refractivity contribution in [3.05, 3.63) is 59.7 Å². The van der Waals surface area contributed by atoms with E-state index in [0.29, 0.717) is 27.6 Å². The number of benzene rings is 2. The third kappa shape index (κ3) is 2.84. The summed E-state index contributed by atoms with van der Waals surface area (Å²) in [6.07, 6.45) is -4.48. The summed E-state index contributed by atoms with van der Waals surface area (Å²) < 4.78 is 39.1. The van der Waals surface area contributed by atoms with Gasteiger partial charge in [0.15, 0.2) is 0 Å². The number of amides is 1. The van der Waals surface area contributed by atoms with Gasteiger partial charge in [0.1, 0.15) is 0 Å². The first-order valence-electron chi connectivity index (χ1n) is 7.93. The number of fused-ring (bicyclic) bond motifs is 3. The van der Waals surface area contributed by atoms with Crippen LogP contribution >= 0.6 is 0 Å². The minimum absolute atomic E-state index is 0.141. The van der Waals surface area contributed by atoms with Crippen LogP contribution in [0.1, 0.15) is 15.9 Å². The number of nitrogens with zero attached hydrogens (tertiary/aromatic N) is 1. The van der Waals surface area contributed by atoms with Crippen molar-refractivity contribution < 1.29 is 18.0 Å². The van der Waals surface area contributed by atoms with Crippen LogP contribution in [0.2, 0.25) is 0 Å². The van der Waals surface area contributed by atoms with E-state index in [2.05, 4.69) is 9.97 Å². The van der Waals surface area contributed by atoms with Gasteiger partial charge in [0.05, 0.1) is 33.4 Å². The zero-order chi connectivity index (χ0) is 19.3. The largest absolute Gasteiger partial charge is 0.416 e. The van der Waals surface area contributed by atoms with Gasteiger partial charge in [-0.2, -0.15) is 13.2 Å². The molecule has 5 N–H and O–H groups in total. The molecule has 1 amide bonds. The van der Waals surface area contributed by atoms with E-state index in [-0.39, 0.29) is 16.8 Å². The van der Waals surface area contributed by atoms with Gasteiger partial charge >= 0.3 is 6.18 Å². The van der Waals surface area contributed by atoms with Crippen molar-refractivity contribution >= 4 is 33.5 Å². The van der Waals surface area contributed by atoms with Crippen LogP contribution in [0.4, 0.5) is 18.9 Å². The molecule has 0 aliphatic carbocycles. The monoisotopic (exact) mass is 370 g/mol. The van der Waals surface area contributed by atoms with Crippen molar-refractivity contribution in [3.8, 4) is 11.3 Å². The first-order valence-corrected chi connectivity index (χ1v) is 7.93. The smallest absolute Gasteiger partial charge is 0.399 e. The Morgan fingerprint density at radius 2 is 1.85 bits per heavy atom. The quantitative estimate of drug-likeness (QED) is 0.464. The molecule has 0 saturated heterocycles. The molecule has 8 heteroatoms. The fourth-order valence-corrected chi connectivity index (χ4v) is 3.07. The van der Waals surface area contributed by atoms with Gasteiger partial charge in [0.2, 0.25) is 0 Å². The van der Waals surface area contributed by atoms with E-state index in [9.17, 15) is 18.0 Å². The maximum Gasteiger partial charge on any atom is 0.416 e. The molecule has 0 aliphatic heterocycles. The molecule has 4 rings (SSSR count). The lowest BCUT2D eigenvalue weighted by Gasteiger charge is -2.09. The molecule has 0 atom stereocenters. The van der Waals surface area contributed by atoms with E-state index in [0.717, 1.165) is 12.1 Å². The van der Waals surface area contributed by atoms with Crippen molar-refractivity contribution in [2.75, 3.05) is 5.73 Å². The molecule has 27 heavy (non-hydrogen) atoms. The Morgan fingerprint density at radius 3 is 2.56 bits per heavy atom. The molecule has 4 aromatic rings. The number of nitrogens with one attached hydrogen (secondary N) is 1. The standard InChI is InChI=1S/C19H13F3N4O/c20-19(21,22)10-3-1-2-9(6-10)14-8-13(18(24)27)17-16(25-14)12-5-4-11(23)7-15(12)26-17/h1-8,26H,23H2,(H2,24,27). The highest BCUT2D eigenvalue weighted by molar-refractivity contribution is 6.14. The van der Waals surface area contributed by atoms with Crippen LogP contribution < -0.4 is 11.5 Å². The highest BCUT2D eigenvalue weighted by Crippen LogP contribution is 2.34. The third-order valence-electron chi connectivity index (χ3n) is 4.33. The SMILES string of the molecule is NC(=O)c1cc(-c2cccc(C(F)(F)F)c2)nc2c1[nH]c1cc(N)ccc12. The summed E-state index contributed by atoms with van der Waals surface area (Å²) in [5, 5.41) is 0.690. The summed E-state index contributed by atoms with van der Waals surface area (Å²) in [6, 6.07) is 11.3. The molecule has 2 heterocycles. The Balaban J connectivity index is 2.02. The van der Waals surface area contributed by atoms with E-state index >= 15 is 0 Å². The lowest BCUT2D eigenvalue weighted by atomic mass is 10.0. The zero-order valence-electron chi connectivity index (χ0n) is 13.8. The molecule has 2 aromatic carbocycles. The number of H-pyrrole nitrogens is 1. The number of alkyl halides is 3. The molecular formula is C19H13F3N4O. The molecule has 5 nitrogen and oxygen atoms in total. The number of anilines is 1. The number of rotatable bonds is 2. The second-order valence-corrected chi connectivity index (χ2v) is 6.15. The van der Waals surface area contributed by atoms with Gasteiger partial charge in [-0.05, 0) is 36.4 Å². The summed E-state index contributed by atoms with van der Waals surface area (Å²) >= 11 is 0. The van der Waals surface area contributed by atoms with Gasteiger partial charge in [-0.1, -0.05) is 12.1 Å². The average Bonchev–Trinajstić information content (AvgIpc) is 2.97. The molecule has 0 radical (unpaired) electrons. The molecule has 0 unspecified atom stereocenters. The number of pyridine rings is 1. The zero-order valence-corrected chi connectivity index (χ0v) is 13.8. The van der Waals surface area contributed by atoms with Crippen LogP contribution in [-0.2, 0) is 6.18 Å². The predicted octanol–water partition coefficient (Wildman–Crippen LogP) is 4.08. The summed E-state index contributed by atoms with van der Waals surface area (Å²) in [5.41, 5.74) is 13.1. The van der Waals surface area contributed by atoms with Crippen molar-refractivity contribution in [2.45, 2.75) is 6.18 Å². The van der Waals surface area contributed by atoms with Gasteiger partial charge in [-0.15, -0.1) is 0 Å². The van der Waals surface area contributed by atoms with E-state index in [1.54, 1.807) is 18.2 Å². The average molecular weight is 370 g/mol. The summed E-state index contributed by atoms with van der Waals surface area (Å²) in [5.74, 6) is -0.713. The molecule has 2 aromatic heterocycles. The maximum atomic E-state index is 13.0. The van der Waals surface area contributed by atoms with Crippen molar-refractivity contribution in [1.82, 2.24) is 9.97 Å². The van der Waals surface area contributed by atoms with E-state index in [1.807, 2.05) is 0 Å². The molecule has 0 spiro atoms. The van der Waals surface area contributed by atoms with Crippen LogP contribution in [0.3, 0.4) is 0 Å². The van der Waals surface area contributed by atoms with Crippen molar-refractivity contribution in [3.63, 3.8) is 0 Å². The third-order valence-corrected chi connectivity index (χ3v) is 4.33. The van der Waals surface area contributed by atoms with Crippen molar-refractivity contribution in [1.29, 1.82) is 0 Å². The van der Waals surface area contributed by atoms with Crippen molar-refractivity contribution in [2.24, 2.45) is 5.73 Å². The highest BCUT2D eigenvalue weighted by Gasteiger charge is 2.30. The Kier molecular flexibility index (Phi) is 3.59. The van der Waals surface area contributed by atoms with Gasteiger partial charge in [-0.25, -0.2) is 4.98 Å². The Bertz CT molecular complexity index is 1210. The van der Waals surface area contributed by atoms with Crippen LogP contribution in [0.25, 0.3) is 33.2 Å². The first-order chi connectivity index (χ1) is 12.7. The number of aromatic nitrogens is 2. The maximum absolute atomic E-state index is 13.0. The van der Waals surface area contributed by atoms with Crippen LogP contribution in [0.15, 0.2) is 48.5 Å². The summed E-state index contributed by atoms with van der Waals surface area (Å²) in [4.78, 5) is 19.5. The van der Waals surface area contributed by atoms with Crippen LogP contribution in [0, 0.1) is 0 Å². The Morgan fingerprint density at radius 1 is 1.07 bits per heavy atom. The van der Waals surface area contributed by atoms with Crippen LogP contribution in [-0.4, -0.2) is 15.9 Å². The topological polar surface area (TPSA) is 97.8 Å².